The van der Waals surface area contributed by atoms with Crippen molar-refractivity contribution in [2.24, 2.45) is 5.14 Å². The molecular formula is C12H9ClN4O2S2. The third-order valence-corrected chi connectivity index (χ3v) is 4.65. The highest BCUT2D eigenvalue weighted by Crippen LogP contribution is 2.28. The normalized spacial score (nSPS) is 11.7. The van der Waals surface area contributed by atoms with Crippen LogP contribution in [0.3, 0.4) is 0 Å². The molecule has 3 aromatic rings. The predicted octanol–water partition coefficient (Wildman–Crippen LogP) is 2.74. The molecule has 0 aliphatic heterocycles. The topological polar surface area (TPSA) is 98.0 Å². The standard InChI is InChI=1S/C12H9ClN4O2S2/c13-12-16-10(9-5-6-20-11(9)17-12)15-7-1-3-8(4-2-7)21(14,18)19/h1-6H,(H2,14,18,19)(H,15,16,17). The number of thiophene rings is 1. The van der Waals surface area contributed by atoms with E-state index in [0.29, 0.717) is 11.5 Å². The minimum atomic E-state index is -3.70. The van der Waals surface area contributed by atoms with Crippen LogP contribution in [0.15, 0.2) is 40.6 Å². The zero-order valence-electron chi connectivity index (χ0n) is 10.4. The van der Waals surface area contributed by atoms with E-state index in [0.717, 1.165) is 10.2 Å². The quantitative estimate of drug-likeness (QED) is 0.714. The summed E-state index contributed by atoms with van der Waals surface area (Å²) in [5.41, 5.74) is 0.671. The second kappa shape index (κ2) is 5.23. The van der Waals surface area contributed by atoms with Crippen molar-refractivity contribution in [3.63, 3.8) is 0 Å². The zero-order chi connectivity index (χ0) is 15.0. The largest absolute Gasteiger partial charge is 0.340 e. The van der Waals surface area contributed by atoms with E-state index in [-0.39, 0.29) is 10.2 Å². The van der Waals surface area contributed by atoms with E-state index in [4.69, 9.17) is 16.7 Å². The molecule has 0 aliphatic carbocycles. The average Bonchev–Trinajstić information content (AvgIpc) is 2.86. The van der Waals surface area contributed by atoms with Crippen molar-refractivity contribution in [2.75, 3.05) is 5.32 Å². The maximum atomic E-state index is 11.2. The van der Waals surface area contributed by atoms with Gasteiger partial charge in [0.25, 0.3) is 0 Å². The van der Waals surface area contributed by atoms with E-state index in [1.54, 1.807) is 12.1 Å². The third-order valence-electron chi connectivity index (χ3n) is 2.74. The number of benzene rings is 1. The van der Waals surface area contributed by atoms with Crippen LogP contribution in [0.2, 0.25) is 5.28 Å². The summed E-state index contributed by atoms with van der Waals surface area (Å²) in [6, 6.07) is 7.94. The number of fused-ring (bicyclic) bond motifs is 1. The third kappa shape index (κ3) is 2.98. The Kier molecular flexibility index (Phi) is 3.54. The highest BCUT2D eigenvalue weighted by Gasteiger charge is 2.10. The van der Waals surface area contributed by atoms with Gasteiger partial charge in [-0.25, -0.2) is 18.5 Å². The molecule has 21 heavy (non-hydrogen) atoms. The van der Waals surface area contributed by atoms with E-state index in [9.17, 15) is 8.42 Å². The van der Waals surface area contributed by atoms with Gasteiger partial charge >= 0.3 is 0 Å². The zero-order valence-corrected chi connectivity index (χ0v) is 12.8. The molecule has 0 fully saturated rings. The molecule has 0 radical (unpaired) electrons. The first-order valence-electron chi connectivity index (χ1n) is 5.74. The molecule has 0 aliphatic rings. The van der Waals surface area contributed by atoms with E-state index < -0.39 is 10.0 Å². The lowest BCUT2D eigenvalue weighted by atomic mass is 10.3. The molecule has 0 spiro atoms. The fourth-order valence-corrected chi connectivity index (χ4v) is 3.29. The monoisotopic (exact) mass is 340 g/mol. The number of nitrogens with one attached hydrogen (secondary N) is 1. The van der Waals surface area contributed by atoms with Crippen LogP contribution in [0.1, 0.15) is 0 Å². The van der Waals surface area contributed by atoms with Crippen molar-refractivity contribution in [1.82, 2.24) is 9.97 Å². The van der Waals surface area contributed by atoms with Crippen LogP contribution in [-0.2, 0) is 10.0 Å². The summed E-state index contributed by atoms with van der Waals surface area (Å²) in [6.07, 6.45) is 0. The molecule has 3 N–H and O–H groups in total. The van der Waals surface area contributed by atoms with Gasteiger partial charge in [0.2, 0.25) is 15.3 Å². The number of halogens is 1. The summed E-state index contributed by atoms with van der Waals surface area (Å²) in [6.45, 7) is 0. The molecule has 2 heterocycles. The minimum absolute atomic E-state index is 0.0504. The highest BCUT2D eigenvalue weighted by molar-refractivity contribution is 7.89. The molecular weight excluding hydrogens is 332 g/mol. The Balaban J connectivity index is 1.97. The highest BCUT2D eigenvalue weighted by atomic mass is 35.5. The molecule has 0 bridgehead atoms. The number of nitrogens with two attached hydrogens (primary N) is 1. The number of nitrogens with zero attached hydrogens (tertiary/aromatic N) is 2. The van der Waals surface area contributed by atoms with Crippen molar-refractivity contribution in [3.05, 3.63) is 41.0 Å². The second-order valence-electron chi connectivity index (χ2n) is 4.18. The smallest absolute Gasteiger partial charge is 0.238 e. The van der Waals surface area contributed by atoms with Crippen LogP contribution in [0.5, 0.6) is 0 Å². The van der Waals surface area contributed by atoms with Crippen LogP contribution >= 0.6 is 22.9 Å². The Labute approximate surface area is 129 Å². The van der Waals surface area contributed by atoms with Crippen LogP contribution in [-0.4, -0.2) is 18.4 Å². The van der Waals surface area contributed by atoms with Gasteiger partial charge in [0.15, 0.2) is 0 Å². The van der Waals surface area contributed by atoms with E-state index in [1.807, 2.05) is 11.4 Å². The Bertz CT molecular complexity index is 907. The molecule has 2 aromatic heterocycles. The summed E-state index contributed by atoms with van der Waals surface area (Å²) < 4.78 is 22.4. The number of rotatable bonds is 3. The number of sulfonamides is 1. The molecule has 6 nitrogen and oxygen atoms in total. The maximum Gasteiger partial charge on any atom is 0.238 e. The SMILES string of the molecule is NS(=O)(=O)c1ccc(Nc2nc(Cl)nc3sccc23)cc1. The van der Waals surface area contributed by atoms with Crippen LogP contribution in [0.4, 0.5) is 11.5 Å². The average molecular weight is 341 g/mol. The van der Waals surface area contributed by atoms with Crippen molar-refractivity contribution in [3.8, 4) is 0 Å². The Morgan fingerprint density at radius 2 is 1.86 bits per heavy atom. The summed E-state index contributed by atoms with van der Waals surface area (Å²) >= 11 is 7.34. The molecule has 0 saturated carbocycles. The summed E-state index contributed by atoms with van der Waals surface area (Å²) in [4.78, 5) is 9.10. The molecule has 1 aromatic carbocycles. The predicted molar refractivity (Wildman–Crippen MR) is 83.5 cm³/mol. The summed E-state index contributed by atoms with van der Waals surface area (Å²) in [5, 5.41) is 11.0. The van der Waals surface area contributed by atoms with Crippen molar-refractivity contribution < 1.29 is 8.42 Å². The molecule has 0 atom stereocenters. The summed E-state index contributed by atoms with van der Waals surface area (Å²) in [5.74, 6) is 0.564. The number of hydrogen-bond acceptors (Lipinski definition) is 6. The Hall–Kier alpha value is -1.74. The van der Waals surface area contributed by atoms with Crippen LogP contribution in [0, 0.1) is 0 Å². The van der Waals surface area contributed by atoms with E-state index in [2.05, 4.69) is 15.3 Å². The second-order valence-corrected chi connectivity index (χ2v) is 6.97. The van der Waals surface area contributed by atoms with Crippen molar-refractivity contribution in [1.29, 1.82) is 0 Å². The number of anilines is 2. The van der Waals surface area contributed by atoms with Gasteiger partial charge in [0.1, 0.15) is 10.6 Å². The summed E-state index contributed by atoms with van der Waals surface area (Å²) in [7, 11) is -3.70. The first kappa shape index (κ1) is 14.2. The lowest BCUT2D eigenvalue weighted by molar-refractivity contribution is 0.598. The van der Waals surface area contributed by atoms with Crippen molar-refractivity contribution >= 4 is 54.7 Å². The lowest BCUT2D eigenvalue weighted by Gasteiger charge is -2.07. The van der Waals surface area contributed by atoms with E-state index >= 15 is 0 Å². The molecule has 0 saturated heterocycles. The van der Waals surface area contributed by atoms with Crippen molar-refractivity contribution in [2.45, 2.75) is 4.90 Å². The van der Waals surface area contributed by atoms with Gasteiger partial charge in [-0.3, -0.25) is 0 Å². The fourth-order valence-electron chi connectivity index (χ4n) is 1.79. The molecule has 9 heteroatoms. The Morgan fingerprint density at radius 3 is 2.52 bits per heavy atom. The van der Waals surface area contributed by atoms with Crippen LogP contribution < -0.4 is 10.5 Å². The molecule has 3 rings (SSSR count). The molecule has 108 valence electrons. The first-order valence-corrected chi connectivity index (χ1v) is 8.54. The lowest BCUT2D eigenvalue weighted by Crippen LogP contribution is -2.11. The van der Waals surface area contributed by atoms with Gasteiger partial charge in [-0.15, -0.1) is 11.3 Å². The van der Waals surface area contributed by atoms with E-state index in [1.165, 1.54) is 23.5 Å². The minimum Gasteiger partial charge on any atom is -0.340 e. The van der Waals surface area contributed by atoms with Gasteiger partial charge in [-0.1, -0.05) is 0 Å². The Morgan fingerprint density at radius 1 is 1.14 bits per heavy atom. The first-order chi connectivity index (χ1) is 9.93. The van der Waals surface area contributed by atoms with Gasteiger partial charge in [0.05, 0.1) is 10.3 Å². The van der Waals surface area contributed by atoms with Gasteiger partial charge < -0.3 is 5.32 Å². The maximum absolute atomic E-state index is 11.2. The fraction of sp³-hybridized carbons (Fsp3) is 0. The molecule has 0 amide bonds. The van der Waals surface area contributed by atoms with Gasteiger partial charge in [-0.05, 0) is 47.3 Å². The van der Waals surface area contributed by atoms with Crippen LogP contribution in [0.25, 0.3) is 10.2 Å². The van der Waals surface area contributed by atoms with Gasteiger partial charge in [0, 0.05) is 5.69 Å². The molecule has 0 unspecified atom stereocenters. The number of hydrogen-bond donors (Lipinski definition) is 2. The van der Waals surface area contributed by atoms with Gasteiger partial charge in [-0.2, -0.15) is 4.98 Å². The number of primary sulfonamides is 1. The number of aromatic nitrogens is 2.